The fourth-order valence-electron chi connectivity index (χ4n) is 4.32. The summed E-state index contributed by atoms with van der Waals surface area (Å²) in [5, 5.41) is 2.92. The molecule has 0 unspecified atom stereocenters. The lowest BCUT2D eigenvalue weighted by molar-refractivity contribution is -0.892. The standard InChI is InChI=1S/C23H28N4O3/c1-17-15-22(28)24-20-5-3-4-6-21(20)27(17)23(29)16-25-11-13-26(14-12-25)18-7-9-19(30-2)10-8-18/h3-10,17H,11-16H2,1-2H3,(H,24,28)/p+1/t17-/m1/s1. The zero-order valence-corrected chi connectivity index (χ0v) is 17.6. The lowest BCUT2D eigenvalue weighted by atomic mass is 10.1. The molecule has 0 aliphatic carbocycles. The number of hydrogen-bond donors (Lipinski definition) is 2. The molecule has 4 rings (SSSR count). The number of benzene rings is 2. The summed E-state index contributed by atoms with van der Waals surface area (Å²) < 4.78 is 5.23. The van der Waals surface area contributed by atoms with Crippen LogP contribution in [0.2, 0.25) is 0 Å². The van der Waals surface area contributed by atoms with E-state index < -0.39 is 0 Å². The van der Waals surface area contributed by atoms with Crippen molar-refractivity contribution in [3.63, 3.8) is 0 Å². The number of amides is 2. The minimum Gasteiger partial charge on any atom is -0.497 e. The molecular weight excluding hydrogens is 380 g/mol. The Kier molecular flexibility index (Phi) is 5.90. The van der Waals surface area contributed by atoms with E-state index in [0.717, 1.165) is 37.6 Å². The summed E-state index contributed by atoms with van der Waals surface area (Å²) in [4.78, 5) is 30.8. The van der Waals surface area contributed by atoms with Crippen LogP contribution in [0.4, 0.5) is 17.1 Å². The molecule has 2 aliphatic heterocycles. The molecule has 0 aromatic heterocycles. The van der Waals surface area contributed by atoms with Crippen LogP contribution in [0, 0.1) is 0 Å². The highest BCUT2D eigenvalue weighted by Crippen LogP contribution is 2.31. The molecule has 2 N–H and O–H groups in total. The molecule has 1 atom stereocenters. The molecule has 2 aromatic rings. The van der Waals surface area contributed by atoms with Gasteiger partial charge in [0.05, 0.1) is 44.7 Å². The smallest absolute Gasteiger partial charge is 0.282 e. The van der Waals surface area contributed by atoms with Gasteiger partial charge in [-0.3, -0.25) is 9.59 Å². The second kappa shape index (κ2) is 8.75. The monoisotopic (exact) mass is 409 g/mol. The summed E-state index contributed by atoms with van der Waals surface area (Å²) in [6, 6.07) is 15.5. The number of carbonyl (C=O) groups excluding carboxylic acids is 2. The SMILES string of the molecule is COc1ccc(N2CC[NH+](CC(=O)N3c4ccccc4NC(=O)C[C@H]3C)CC2)cc1. The Morgan fingerprint density at radius 1 is 1.13 bits per heavy atom. The molecule has 158 valence electrons. The molecular formula is C23H29N4O3+. The van der Waals surface area contributed by atoms with E-state index in [1.165, 1.54) is 10.6 Å². The van der Waals surface area contributed by atoms with E-state index in [4.69, 9.17) is 4.74 Å². The minimum atomic E-state index is -0.166. The maximum Gasteiger partial charge on any atom is 0.282 e. The van der Waals surface area contributed by atoms with Gasteiger partial charge >= 0.3 is 0 Å². The van der Waals surface area contributed by atoms with Gasteiger partial charge in [0, 0.05) is 18.2 Å². The van der Waals surface area contributed by atoms with Crippen LogP contribution in [0.1, 0.15) is 13.3 Å². The van der Waals surface area contributed by atoms with Crippen LogP contribution in [0.25, 0.3) is 0 Å². The van der Waals surface area contributed by atoms with Gasteiger partial charge < -0.3 is 24.8 Å². The van der Waals surface area contributed by atoms with E-state index in [1.54, 1.807) is 12.0 Å². The number of carbonyl (C=O) groups is 2. The van der Waals surface area contributed by atoms with Crippen molar-refractivity contribution in [1.82, 2.24) is 0 Å². The van der Waals surface area contributed by atoms with Crippen LogP contribution in [-0.2, 0) is 9.59 Å². The van der Waals surface area contributed by atoms with E-state index in [2.05, 4.69) is 22.3 Å². The Morgan fingerprint density at radius 3 is 2.53 bits per heavy atom. The predicted molar refractivity (Wildman–Crippen MR) is 117 cm³/mol. The van der Waals surface area contributed by atoms with Crippen LogP contribution in [0.3, 0.4) is 0 Å². The first-order valence-electron chi connectivity index (χ1n) is 10.5. The number of piperazine rings is 1. The van der Waals surface area contributed by atoms with E-state index in [1.807, 2.05) is 43.3 Å². The molecule has 1 fully saturated rings. The number of nitrogens with zero attached hydrogens (tertiary/aromatic N) is 2. The Hall–Kier alpha value is -3.06. The van der Waals surface area contributed by atoms with E-state index in [9.17, 15) is 9.59 Å². The van der Waals surface area contributed by atoms with Gasteiger partial charge in [-0.2, -0.15) is 0 Å². The van der Waals surface area contributed by atoms with Crippen molar-refractivity contribution in [3.05, 3.63) is 48.5 Å². The molecule has 0 radical (unpaired) electrons. The number of nitrogens with one attached hydrogen (secondary N) is 2. The molecule has 30 heavy (non-hydrogen) atoms. The first kappa shape index (κ1) is 20.2. The topological polar surface area (TPSA) is 66.3 Å². The largest absolute Gasteiger partial charge is 0.497 e. The molecule has 2 heterocycles. The number of fused-ring (bicyclic) bond motifs is 1. The number of rotatable bonds is 4. The van der Waals surface area contributed by atoms with Crippen LogP contribution < -0.4 is 24.8 Å². The third-order valence-electron chi connectivity index (χ3n) is 5.94. The van der Waals surface area contributed by atoms with Gasteiger partial charge in [-0.1, -0.05) is 12.1 Å². The minimum absolute atomic E-state index is 0.0503. The van der Waals surface area contributed by atoms with Gasteiger partial charge in [0.25, 0.3) is 5.91 Å². The van der Waals surface area contributed by atoms with Crippen molar-refractivity contribution in [2.45, 2.75) is 19.4 Å². The Bertz CT molecular complexity index is 907. The number of ether oxygens (including phenoxy) is 1. The zero-order chi connectivity index (χ0) is 21.1. The molecule has 0 bridgehead atoms. The molecule has 7 nitrogen and oxygen atoms in total. The number of quaternary nitrogens is 1. The summed E-state index contributed by atoms with van der Waals surface area (Å²) in [6.07, 6.45) is 0.307. The van der Waals surface area contributed by atoms with Crippen LogP contribution in [0.15, 0.2) is 48.5 Å². The Balaban J connectivity index is 1.40. The van der Waals surface area contributed by atoms with Crippen molar-refractivity contribution >= 4 is 28.9 Å². The van der Waals surface area contributed by atoms with Crippen molar-refractivity contribution in [1.29, 1.82) is 0 Å². The molecule has 2 aromatic carbocycles. The number of anilines is 3. The Morgan fingerprint density at radius 2 is 1.83 bits per heavy atom. The highest BCUT2D eigenvalue weighted by atomic mass is 16.5. The maximum atomic E-state index is 13.3. The quantitative estimate of drug-likeness (QED) is 0.796. The van der Waals surface area contributed by atoms with Gasteiger partial charge in [0.1, 0.15) is 5.75 Å². The lowest BCUT2D eigenvalue weighted by Crippen LogP contribution is -3.16. The summed E-state index contributed by atoms with van der Waals surface area (Å²) in [5.74, 6) is 0.874. The Labute approximate surface area is 177 Å². The van der Waals surface area contributed by atoms with Crippen molar-refractivity contribution < 1.29 is 19.2 Å². The second-order valence-electron chi connectivity index (χ2n) is 7.99. The highest BCUT2D eigenvalue weighted by Gasteiger charge is 2.32. The first-order valence-corrected chi connectivity index (χ1v) is 10.5. The number of methoxy groups -OCH3 is 1. The summed E-state index contributed by atoms with van der Waals surface area (Å²) in [7, 11) is 1.67. The molecule has 0 spiro atoms. The van der Waals surface area contributed by atoms with Gasteiger partial charge in [0.2, 0.25) is 5.91 Å². The van der Waals surface area contributed by atoms with Gasteiger partial charge in [0.15, 0.2) is 6.54 Å². The third kappa shape index (κ3) is 4.26. The zero-order valence-electron chi connectivity index (χ0n) is 17.6. The summed E-state index contributed by atoms with van der Waals surface area (Å²) in [5.41, 5.74) is 2.68. The van der Waals surface area contributed by atoms with Crippen LogP contribution >= 0.6 is 0 Å². The molecule has 0 saturated carbocycles. The molecule has 7 heteroatoms. The van der Waals surface area contributed by atoms with E-state index in [-0.39, 0.29) is 17.9 Å². The average molecular weight is 410 g/mol. The summed E-state index contributed by atoms with van der Waals surface area (Å²) in [6.45, 7) is 5.99. The average Bonchev–Trinajstić information content (AvgIpc) is 2.88. The molecule has 2 amide bonds. The first-order chi connectivity index (χ1) is 14.5. The maximum absolute atomic E-state index is 13.3. The van der Waals surface area contributed by atoms with Crippen LogP contribution in [-0.4, -0.2) is 57.7 Å². The predicted octanol–water partition coefficient (Wildman–Crippen LogP) is 1.16. The van der Waals surface area contributed by atoms with Crippen LogP contribution in [0.5, 0.6) is 5.75 Å². The third-order valence-corrected chi connectivity index (χ3v) is 5.94. The van der Waals surface area contributed by atoms with Crippen molar-refractivity contribution in [2.75, 3.05) is 55.0 Å². The van der Waals surface area contributed by atoms with E-state index >= 15 is 0 Å². The fraction of sp³-hybridized carbons (Fsp3) is 0.391. The second-order valence-corrected chi connectivity index (χ2v) is 7.99. The lowest BCUT2D eigenvalue weighted by Gasteiger charge is -2.35. The normalized spacial score (nSPS) is 19.7. The number of hydrogen-bond acceptors (Lipinski definition) is 4. The fourth-order valence-corrected chi connectivity index (χ4v) is 4.32. The van der Waals surface area contributed by atoms with Gasteiger partial charge in [-0.25, -0.2) is 0 Å². The van der Waals surface area contributed by atoms with Crippen molar-refractivity contribution in [2.24, 2.45) is 0 Å². The molecule has 2 aliphatic rings. The van der Waals surface area contributed by atoms with Crippen molar-refractivity contribution in [3.8, 4) is 5.75 Å². The highest BCUT2D eigenvalue weighted by molar-refractivity contribution is 6.04. The van der Waals surface area contributed by atoms with Gasteiger partial charge in [-0.05, 0) is 43.3 Å². The van der Waals surface area contributed by atoms with Gasteiger partial charge in [-0.15, -0.1) is 0 Å². The number of para-hydroxylation sites is 2. The molecule has 1 saturated heterocycles. The van der Waals surface area contributed by atoms with E-state index in [0.29, 0.717) is 18.7 Å². The summed E-state index contributed by atoms with van der Waals surface area (Å²) >= 11 is 0.